The molecule has 1 aliphatic rings. The van der Waals surface area contributed by atoms with Crippen molar-refractivity contribution in [2.24, 2.45) is 0 Å². The number of anilines is 2. The predicted molar refractivity (Wildman–Crippen MR) is 119 cm³/mol. The van der Waals surface area contributed by atoms with Crippen LogP contribution in [0.5, 0.6) is 0 Å². The maximum atomic E-state index is 5.00. The molecule has 2 aromatic carbocycles. The molecule has 0 unspecified atom stereocenters. The average Bonchev–Trinajstić information content (AvgIpc) is 3.09. The lowest BCUT2D eigenvalue weighted by Crippen LogP contribution is -2.28. The van der Waals surface area contributed by atoms with Crippen molar-refractivity contribution in [3.63, 3.8) is 0 Å². The number of benzene rings is 2. The summed E-state index contributed by atoms with van der Waals surface area (Å²) in [4.78, 5) is 12.3. The zero-order valence-corrected chi connectivity index (χ0v) is 16.9. The maximum Gasteiger partial charge on any atom is 0.238 e. The molecule has 5 rings (SSSR count). The Labute approximate surface area is 171 Å². The molecule has 29 heavy (non-hydrogen) atoms. The third-order valence-corrected chi connectivity index (χ3v) is 5.65. The Morgan fingerprint density at radius 3 is 2.66 bits per heavy atom. The van der Waals surface area contributed by atoms with Crippen molar-refractivity contribution in [2.75, 3.05) is 23.8 Å². The van der Waals surface area contributed by atoms with E-state index in [1.807, 2.05) is 6.07 Å². The lowest BCUT2D eigenvalue weighted by Gasteiger charge is -2.28. The number of hydrogen-bond acceptors (Lipinski definition) is 4. The molecule has 1 N–H and O–H groups in total. The molecule has 0 fully saturated rings. The monoisotopic (exact) mass is 383 g/mol. The van der Waals surface area contributed by atoms with Gasteiger partial charge in [-0.3, -0.25) is 4.57 Å². The molecule has 0 amide bonds. The molecule has 1 aliphatic heterocycles. The maximum absolute atomic E-state index is 5.00. The molecular weight excluding hydrogens is 358 g/mol. The highest BCUT2D eigenvalue weighted by Crippen LogP contribution is 2.32. The minimum absolute atomic E-state index is 0.728. The van der Waals surface area contributed by atoms with Gasteiger partial charge in [-0.05, 0) is 37.5 Å². The van der Waals surface area contributed by atoms with E-state index in [1.54, 1.807) is 0 Å². The van der Waals surface area contributed by atoms with Gasteiger partial charge in [0.1, 0.15) is 11.6 Å². The molecular formula is C24H25N5. The molecule has 0 aliphatic carbocycles. The van der Waals surface area contributed by atoms with Crippen LogP contribution in [-0.2, 0) is 13.0 Å². The van der Waals surface area contributed by atoms with E-state index >= 15 is 0 Å². The van der Waals surface area contributed by atoms with Gasteiger partial charge in [0.15, 0.2) is 0 Å². The summed E-state index contributed by atoms with van der Waals surface area (Å²) in [5.74, 6) is 2.71. The topological polar surface area (TPSA) is 46.0 Å². The van der Waals surface area contributed by atoms with Gasteiger partial charge >= 0.3 is 0 Å². The van der Waals surface area contributed by atoms with Gasteiger partial charge < -0.3 is 10.2 Å². The van der Waals surface area contributed by atoms with Gasteiger partial charge in [0.2, 0.25) is 5.95 Å². The standard InChI is InChI=1S/C24H25N5/c1-17-15-19-11-6-7-13-21(19)29(17)24-26-22(25-16-18-9-4-3-5-10-18)20-12-8-14-28(2)23(20)27-24/h3-7,9-11,13,15H,8,12,14,16H2,1-2H3,(H,25,26,27). The first-order valence-corrected chi connectivity index (χ1v) is 10.2. The van der Waals surface area contributed by atoms with Gasteiger partial charge in [-0.25, -0.2) is 0 Å². The highest BCUT2D eigenvalue weighted by molar-refractivity contribution is 5.83. The summed E-state index contributed by atoms with van der Waals surface area (Å²) in [6, 6.07) is 21.1. The fraction of sp³-hybridized carbons (Fsp3) is 0.250. The van der Waals surface area contributed by atoms with Crippen LogP contribution < -0.4 is 10.2 Å². The predicted octanol–water partition coefficient (Wildman–Crippen LogP) is 4.72. The van der Waals surface area contributed by atoms with Crippen LogP contribution >= 0.6 is 0 Å². The number of hydrogen-bond donors (Lipinski definition) is 1. The van der Waals surface area contributed by atoms with Gasteiger partial charge in [-0.1, -0.05) is 48.5 Å². The molecule has 4 aromatic rings. The Morgan fingerprint density at radius 1 is 1.00 bits per heavy atom. The molecule has 5 heteroatoms. The van der Waals surface area contributed by atoms with E-state index in [0.717, 1.165) is 54.7 Å². The molecule has 0 saturated carbocycles. The third-order valence-electron chi connectivity index (χ3n) is 5.65. The van der Waals surface area contributed by atoms with E-state index in [0.29, 0.717) is 0 Å². The van der Waals surface area contributed by atoms with Gasteiger partial charge in [0, 0.05) is 36.8 Å². The normalized spacial score (nSPS) is 13.5. The summed E-state index contributed by atoms with van der Waals surface area (Å²) in [7, 11) is 2.12. The van der Waals surface area contributed by atoms with Crippen LogP contribution in [0.1, 0.15) is 23.2 Å². The van der Waals surface area contributed by atoms with Gasteiger partial charge in [0.25, 0.3) is 0 Å². The van der Waals surface area contributed by atoms with Crippen molar-refractivity contribution in [2.45, 2.75) is 26.3 Å². The lowest BCUT2D eigenvalue weighted by molar-refractivity contribution is 0.719. The third kappa shape index (κ3) is 3.23. The van der Waals surface area contributed by atoms with Crippen molar-refractivity contribution >= 4 is 22.5 Å². The number of fused-ring (bicyclic) bond motifs is 2. The van der Waals surface area contributed by atoms with Crippen LogP contribution in [-0.4, -0.2) is 28.1 Å². The van der Waals surface area contributed by atoms with Crippen LogP contribution in [0.25, 0.3) is 16.9 Å². The van der Waals surface area contributed by atoms with E-state index in [9.17, 15) is 0 Å². The smallest absolute Gasteiger partial charge is 0.238 e. The number of aromatic nitrogens is 3. The number of nitrogens with one attached hydrogen (secondary N) is 1. The Bertz CT molecular complexity index is 1160. The number of nitrogens with zero attached hydrogens (tertiary/aromatic N) is 4. The minimum Gasteiger partial charge on any atom is -0.366 e. The summed E-state index contributed by atoms with van der Waals surface area (Å²) in [6.45, 7) is 3.88. The number of rotatable bonds is 4. The van der Waals surface area contributed by atoms with E-state index in [4.69, 9.17) is 9.97 Å². The quantitative estimate of drug-likeness (QED) is 0.554. The number of aryl methyl sites for hydroxylation is 1. The highest BCUT2D eigenvalue weighted by Gasteiger charge is 2.23. The van der Waals surface area contributed by atoms with Crippen molar-refractivity contribution < 1.29 is 0 Å². The van der Waals surface area contributed by atoms with Crippen molar-refractivity contribution in [1.29, 1.82) is 0 Å². The highest BCUT2D eigenvalue weighted by atomic mass is 15.3. The number of para-hydroxylation sites is 1. The van der Waals surface area contributed by atoms with Crippen LogP contribution in [0.2, 0.25) is 0 Å². The summed E-state index contributed by atoms with van der Waals surface area (Å²) < 4.78 is 2.16. The zero-order chi connectivity index (χ0) is 19.8. The van der Waals surface area contributed by atoms with E-state index in [-0.39, 0.29) is 0 Å². The summed E-state index contributed by atoms with van der Waals surface area (Å²) in [6.07, 6.45) is 2.13. The van der Waals surface area contributed by atoms with E-state index < -0.39 is 0 Å². The summed E-state index contributed by atoms with van der Waals surface area (Å²) in [5, 5.41) is 4.80. The van der Waals surface area contributed by atoms with Crippen LogP contribution in [0.3, 0.4) is 0 Å². The second kappa shape index (κ2) is 7.24. The van der Waals surface area contributed by atoms with E-state index in [1.165, 1.54) is 16.5 Å². The molecule has 0 saturated heterocycles. The van der Waals surface area contributed by atoms with E-state index in [2.05, 4.69) is 83.4 Å². The lowest BCUT2D eigenvalue weighted by atomic mass is 10.1. The van der Waals surface area contributed by atoms with Gasteiger partial charge in [-0.15, -0.1) is 0 Å². The Morgan fingerprint density at radius 2 is 1.79 bits per heavy atom. The first-order chi connectivity index (χ1) is 14.2. The SMILES string of the molecule is Cc1cc2ccccc2n1-c1nc(NCc2ccccc2)c2c(n1)N(C)CCC2. The van der Waals surface area contributed by atoms with Crippen molar-refractivity contribution in [1.82, 2.24) is 14.5 Å². The van der Waals surface area contributed by atoms with Crippen molar-refractivity contribution in [3.8, 4) is 5.95 Å². The first kappa shape index (κ1) is 17.7. The van der Waals surface area contributed by atoms with Crippen LogP contribution in [0.15, 0.2) is 60.7 Å². The first-order valence-electron chi connectivity index (χ1n) is 10.2. The van der Waals surface area contributed by atoms with Crippen molar-refractivity contribution in [3.05, 3.63) is 77.5 Å². The molecule has 0 bridgehead atoms. The zero-order valence-electron chi connectivity index (χ0n) is 16.9. The molecule has 2 aromatic heterocycles. The fourth-order valence-corrected chi connectivity index (χ4v) is 4.19. The Kier molecular flexibility index (Phi) is 4.43. The van der Waals surface area contributed by atoms with Gasteiger partial charge in [0.05, 0.1) is 5.52 Å². The largest absolute Gasteiger partial charge is 0.366 e. The molecule has 5 nitrogen and oxygen atoms in total. The molecule has 0 atom stereocenters. The second-order valence-electron chi connectivity index (χ2n) is 7.72. The molecule has 146 valence electrons. The summed E-state index contributed by atoms with van der Waals surface area (Å²) >= 11 is 0. The minimum atomic E-state index is 0.728. The Hall–Kier alpha value is -3.34. The fourth-order valence-electron chi connectivity index (χ4n) is 4.19. The Balaban J connectivity index is 1.62. The summed E-state index contributed by atoms with van der Waals surface area (Å²) in [5.41, 5.74) is 4.73. The molecule has 0 spiro atoms. The average molecular weight is 383 g/mol. The molecule has 0 radical (unpaired) electrons. The van der Waals surface area contributed by atoms with Crippen LogP contribution in [0, 0.1) is 6.92 Å². The van der Waals surface area contributed by atoms with Gasteiger partial charge in [-0.2, -0.15) is 9.97 Å². The van der Waals surface area contributed by atoms with Crippen LogP contribution in [0.4, 0.5) is 11.6 Å². The second-order valence-corrected chi connectivity index (χ2v) is 7.72. The molecule has 3 heterocycles.